The fourth-order valence-corrected chi connectivity index (χ4v) is 3.52. The maximum absolute atomic E-state index is 13.1. The van der Waals surface area contributed by atoms with E-state index in [1.807, 2.05) is 72.8 Å². The zero-order valence-electron chi connectivity index (χ0n) is 15.5. The minimum absolute atomic E-state index is 0.209. The molecule has 1 unspecified atom stereocenters. The molecule has 4 heteroatoms. The Morgan fingerprint density at radius 2 is 1.46 bits per heavy atom. The summed E-state index contributed by atoms with van der Waals surface area (Å²) in [6.45, 7) is 0.570. The highest BCUT2D eigenvalue weighted by Gasteiger charge is 2.34. The zero-order chi connectivity index (χ0) is 19.3. The summed E-state index contributed by atoms with van der Waals surface area (Å²) >= 11 is 0. The molecule has 1 aliphatic heterocycles. The van der Waals surface area contributed by atoms with Crippen molar-refractivity contribution in [1.82, 2.24) is 4.90 Å². The van der Waals surface area contributed by atoms with Crippen molar-refractivity contribution in [2.75, 3.05) is 13.2 Å². The highest BCUT2D eigenvalue weighted by atomic mass is 16.6. The van der Waals surface area contributed by atoms with Crippen LogP contribution in [0.1, 0.15) is 17.0 Å². The molecule has 0 bridgehead atoms. The van der Waals surface area contributed by atoms with Crippen LogP contribution in [0, 0.1) is 0 Å². The van der Waals surface area contributed by atoms with Crippen LogP contribution in [0.3, 0.4) is 0 Å². The van der Waals surface area contributed by atoms with Crippen molar-refractivity contribution >= 4 is 12.0 Å². The molecule has 0 saturated carbocycles. The van der Waals surface area contributed by atoms with Crippen molar-refractivity contribution in [2.45, 2.75) is 12.3 Å². The Kier molecular flexibility index (Phi) is 5.20. The predicted octanol–water partition coefficient (Wildman–Crippen LogP) is 4.66. The van der Waals surface area contributed by atoms with Crippen molar-refractivity contribution in [3.05, 3.63) is 96.1 Å². The molecule has 0 N–H and O–H groups in total. The van der Waals surface area contributed by atoms with Gasteiger partial charge in [0.15, 0.2) is 0 Å². The smallest absolute Gasteiger partial charge is 0.416 e. The molecule has 3 aromatic rings. The number of rotatable bonds is 5. The van der Waals surface area contributed by atoms with Gasteiger partial charge in [0.05, 0.1) is 12.5 Å². The largest absolute Gasteiger partial charge is 0.447 e. The lowest BCUT2D eigenvalue weighted by Crippen LogP contribution is -2.36. The van der Waals surface area contributed by atoms with Gasteiger partial charge in [-0.15, -0.1) is 0 Å². The van der Waals surface area contributed by atoms with E-state index >= 15 is 0 Å². The third-order valence-corrected chi connectivity index (χ3v) is 5.03. The van der Waals surface area contributed by atoms with E-state index in [-0.39, 0.29) is 12.5 Å². The Hall–Kier alpha value is -3.40. The number of imide groups is 1. The first kappa shape index (κ1) is 18.0. The second-order valence-electron chi connectivity index (χ2n) is 6.83. The third-order valence-electron chi connectivity index (χ3n) is 5.03. The Bertz CT molecular complexity index is 952. The molecule has 140 valence electrons. The molecule has 28 heavy (non-hydrogen) atoms. The molecule has 0 aromatic heterocycles. The minimum atomic E-state index is -0.552. The highest BCUT2D eigenvalue weighted by molar-refractivity contribution is 5.96. The van der Waals surface area contributed by atoms with E-state index in [4.69, 9.17) is 4.74 Å². The molecule has 0 aliphatic carbocycles. The zero-order valence-corrected chi connectivity index (χ0v) is 15.5. The van der Waals surface area contributed by atoms with Crippen LogP contribution in [-0.4, -0.2) is 30.1 Å². The van der Waals surface area contributed by atoms with E-state index < -0.39 is 12.0 Å². The number of cyclic esters (lactones) is 1. The summed E-state index contributed by atoms with van der Waals surface area (Å²) in [5, 5.41) is 0. The number of hydrogen-bond donors (Lipinski definition) is 0. The van der Waals surface area contributed by atoms with Gasteiger partial charge in [-0.2, -0.15) is 0 Å². The Morgan fingerprint density at radius 3 is 2.07 bits per heavy atom. The van der Waals surface area contributed by atoms with E-state index in [0.29, 0.717) is 13.0 Å². The molecular formula is C24H21NO3. The predicted molar refractivity (Wildman–Crippen MR) is 108 cm³/mol. The van der Waals surface area contributed by atoms with Gasteiger partial charge in [-0.3, -0.25) is 4.79 Å². The Balaban J connectivity index is 1.64. The average Bonchev–Trinajstić information content (AvgIpc) is 3.19. The first-order chi connectivity index (χ1) is 13.7. The van der Waals surface area contributed by atoms with Gasteiger partial charge in [0.2, 0.25) is 5.91 Å². The maximum atomic E-state index is 13.1. The minimum Gasteiger partial charge on any atom is -0.447 e. The summed E-state index contributed by atoms with van der Waals surface area (Å²) in [6.07, 6.45) is -0.0160. The number of nitrogens with zero attached hydrogens (tertiary/aromatic N) is 1. The van der Waals surface area contributed by atoms with Crippen LogP contribution in [0.15, 0.2) is 84.9 Å². The van der Waals surface area contributed by atoms with Crippen molar-refractivity contribution in [3.63, 3.8) is 0 Å². The van der Waals surface area contributed by atoms with Gasteiger partial charge in [0.25, 0.3) is 0 Å². The van der Waals surface area contributed by atoms with Crippen molar-refractivity contribution in [1.29, 1.82) is 0 Å². The van der Waals surface area contributed by atoms with Gasteiger partial charge in [-0.1, -0.05) is 84.9 Å². The lowest BCUT2D eigenvalue weighted by molar-refractivity contribution is -0.129. The van der Waals surface area contributed by atoms with Crippen LogP contribution in [0.2, 0.25) is 0 Å². The van der Waals surface area contributed by atoms with Crippen LogP contribution in [-0.2, 0) is 16.0 Å². The summed E-state index contributed by atoms with van der Waals surface area (Å²) in [4.78, 5) is 26.3. The molecule has 2 amide bonds. The number of ether oxygens (including phenoxy) is 1. The van der Waals surface area contributed by atoms with Gasteiger partial charge in [0, 0.05) is 0 Å². The molecule has 0 spiro atoms. The Labute approximate surface area is 164 Å². The molecule has 1 heterocycles. The van der Waals surface area contributed by atoms with E-state index in [2.05, 4.69) is 12.1 Å². The second-order valence-corrected chi connectivity index (χ2v) is 6.83. The van der Waals surface area contributed by atoms with Gasteiger partial charge < -0.3 is 4.74 Å². The summed E-state index contributed by atoms with van der Waals surface area (Å²) in [6, 6.07) is 28.0. The summed E-state index contributed by atoms with van der Waals surface area (Å²) in [7, 11) is 0. The van der Waals surface area contributed by atoms with Crippen molar-refractivity contribution < 1.29 is 14.3 Å². The summed E-state index contributed by atoms with van der Waals surface area (Å²) < 4.78 is 4.97. The molecule has 4 rings (SSSR count). The van der Waals surface area contributed by atoms with Crippen LogP contribution in [0.5, 0.6) is 0 Å². The fourth-order valence-electron chi connectivity index (χ4n) is 3.52. The van der Waals surface area contributed by atoms with Crippen molar-refractivity contribution in [3.8, 4) is 11.1 Å². The van der Waals surface area contributed by atoms with Gasteiger partial charge in [0.1, 0.15) is 6.61 Å². The molecule has 1 saturated heterocycles. The van der Waals surface area contributed by atoms with E-state index in [1.165, 1.54) is 4.90 Å². The molecule has 4 nitrogen and oxygen atoms in total. The number of amides is 2. The van der Waals surface area contributed by atoms with Crippen LogP contribution < -0.4 is 0 Å². The lowest BCUT2D eigenvalue weighted by Gasteiger charge is -2.21. The summed E-state index contributed by atoms with van der Waals surface area (Å²) in [5.41, 5.74) is 4.17. The molecule has 0 radical (unpaired) electrons. The molecule has 1 atom stereocenters. The average molecular weight is 371 g/mol. The maximum Gasteiger partial charge on any atom is 0.416 e. The van der Waals surface area contributed by atoms with E-state index in [0.717, 1.165) is 22.3 Å². The van der Waals surface area contributed by atoms with Crippen LogP contribution in [0.4, 0.5) is 4.79 Å². The molecule has 3 aromatic carbocycles. The number of carbonyl (C=O) groups excluding carboxylic acids is 2. The van der Waals surface area contributed by atoms with Gasteiger partial charge >= 0.3 is 6.09 Å². The Morgan fingerprint density at radius 1 is 0.857 bits per heavy atom. The molecule has 1 aliphatic rings. The number of hydrogen-bond acceptors (Lipinski definition) is 3. The summed E-state index contributed by atoms with van der Waals surface area (Å²) in [5.74, 6) is -0.642. The number of carbonyl (C=O) groups is 2. The SMILES string of the molecule is O=C1OCCN1C(=O)C(Cc1ccccc1)c1ccc(-c2ccccc2)cc1. The molecule has 1 fully saturated rings. The third kappa shape index (κ3) is 3.81. The van der Waals surface area contributed by atoms with Crippen LogP contribution in [0.25, 0.3) is 11.1 Å². The van der Waals surface area contributed by atoms with E-state index in [1.54, 1.807) is 0 Å². The second kappa shape index (κ2) is 8.09. The molecular weight excluding hydrogens is 350 g/mol. The first-order valence-corrected chi connectivity index (χ1v) is 9.40. The van der Waals surface area contributed by atoms with E-state index in [9.17, 15) is 9.59 Å². The van der Waals surface area contributed by atoms with Gasteiger partial charge in [-0.05, 0) is 28.7 Å². The first-order valence-electron chi connectivity index (χ1n) is 9.40. The topological polar surface area (TPSA) is 46.6 Å². The van der Waals surface area contributed by atoms with Gasteiger partial charge in [-0.25, -0.2) is 9.69 Å². The highest BCUT2D eigenvalue weighted by Crippen LogP contribution is 2.28. The quantitative estimate of drug-likeness (QED) is 0.655. The fraction of sp³-hybridized carbons (Fsp3) is 0.167. The van der Waals surface area contributed by atoms with Crippen molar-refractivity contribution in [2.24, 2.45) is 0 Å². The monoisotopic (exact) mass is 371 g/mol. The lowest BCUT2D eigenvalue weighted by atomic mass is 9.89. The van der Waals surface area contributed by atoms with Crippen LogP contribution >= 0.6 is 0 Å². The normalized spacial score (nSPS) is 14.6. The standard InChI is InChI=1S/C24H21NO3/c26-23(25-15-16-28-24(25)27)22(17-18-7-3-1-4-8-18)21-13-11-20(12-14-21)19-9-5-2-6-10-19/h1-14,22H,15-17H2. The number of benzene rings is 3.